The number of nitrogens with zero attached hydrogens (tertiary/aromatic N) is 2. The highest BCUT2D eigenvalue weighted by Crippen LogP contribution is 2.31. The number of nitrogens with two attached hydrogens (primary N) is 1. The van der Waals surface area contributed by atoms with Crippen LogP contribution in [0.2, 0.25) is 5.02 Å². The Labute approximate surface area is 109 Å². The minimum atomic E-state index is 0.552. The average Bonchev–Trinajstić information content (AvgIpc) is 2.21. The highest BCUT2D eigenvalue weighted by Gasteiger charge is 2.06. The van der Waals surface area contributed by atoms with Crippen LogP contribution < -0.4 is 5.73 Å². The van der Waals surface area contributed by atoms with Gasteiger partial charge in [-0.15, -0.1) is 0 Å². The molecule has 0 saturated carbocycles. The highest BCUT2D eigenvalue weighted by atomic mass is 35.5. The third-order valence-corrected chi connectivity index (χ3v) is 3.44. The van der Waals surface area contributed by atoms with Crippen molar-refractivity contribution in [2.45, 2.75) is 23.9 Å². The largest absolute Gasteiger partial charge is 0.397 e. The molecule has 0 spiro atoms. The lowest BCUT2D eigenvalue weighted by Gasteiger charge is -2.05. The number of hydrogen-bond donors (Lipinski definition) is 1. The van der Waals surface area contributed by atoms with Gasteiger partial charge in [0.25, 0.3) is 0 Å². The van der Waals surface area contributed by atoms with Gasteiger partial charge < -0.3 is 5.73 Å². The van der Waals surface area contributed by atoms with Gasteiger partial charge in [0, 0.05) is 5.69 Å². The van der Waals surface area contributed by atoms with Crippen LogP contribution in [0.15, 0.2) is 34.4 Å². The lowest BCUT2D eigenvalue weighted by Crippen LogP contribution is -1.91. The molecule has 2 rings (SSSR count). The van der Waals surface area contributed by atoms with Crippen molar-refractivity contribution in [3.8, 4) is 0 Å². The number of anilines is 1. The lowest BCUT2D eigenvalue weighted by molar-refractivity contribution is 1.04. The van der Waals surface area contributed by atoms with Crippen LogP contribution in [0.5, 0.6) is 0 Å². The standard InChI is InChI=1S/C12H12ClN3S/c1-7-3-8(2)16-11(4-7)17-12-10(13)5-9(14)6-15-12/h3-6H,14H2,1-2H3. The van der Waals surface area contributed by atoms with Crippen LogP contribution in [0, 0.1) is 13.8 Å². The number of rotatable bonds is 2. The van der Waals surface area contributed by atoms with Crippen LogP contribution in [0.25, 0.3) is 0 Å². The van der Waals surface area contributed by atoms with E-state index in [4.69, 9.17) is 17.3 Å². The second-order valence-corrected chi connectivity index (χ2v) is 5.20. The fraction of sp³-hybridized carbons (Fsp3) is 0.167. The fourth-order valence-electron chi connectivity index (χ4n) is 1.47. The van der Waals surface area contributed by atoms with Gasteiger partial charge in [-0.05, 0) is 49.4 Å². The Bertz CT molecular complexity index is 537. The first-order valence-corrected chi connectivity index (χ1v) is 6.28. The molecule has 0 fully saturated rings. The van der Waals surface area contributed by atoms with E-state index in [1.54, 1.807) is 12.3 Å². The molecule has 5 heteroatoms. The van der Waals surface area contributed by atoms with E-state index in [1.807, 2.05) is 26.0 Å². The van der Waals surface area contributed by atoms with E-state index >= 15 is 0 Å². The average molecular weight is 266 g/mol. The summed E-state index contributed by atoms with van der Waals surface area (Å²) >= 11 is 7.51. The SMILES string of the molecule is Cc1cc(C)nc(Sc2ncc(N)cc2Cl)c1. The smallest absolute Gasteiger partial charge is 0.121 e. The van der Waals surface area contributed by atoms with E-state index in [-0.39, 0.29) is 0 Å². The van der Waals surface area contributed by atoms with Crippen LogP contribution >= 0.6 is 23.4 Å². The van der Waals surface area contributed by atoms with Gasteiger partial charge in [0.05, 0.1) is 16.9 Å². The first kappa shape index (κ1) is 12.2. The summed E-state index contributed by atoms with van der Waals surface area (Å²) in [5.41, 5.74) is 8.32. The number of pyridine rings is 2. The van der Waals surface area contributed by atoms with Crippen molar-refractivity contribution in [3.05, 3.63) is 40.7 Å². The summed E-state index contributed by atoms with van der Waals surface area (Å²) in [4.78, 5) is 8.62. The molecule has 0 aromatic carbocycles. The van der Waals surface area contributed by atoms with E-state index in [0.717, 1.165) is 15.7 Å². The molecule has 0 aliphatic carbocycles. The first-order valence-electron chi connectivity index (χ1n) is 5.09. The number of halogens is 1. The number of aromatic nitrogens is 2. The molecular weight excluding hydrogens is 254 g/mol. The van der Waals surface area contributed by atoms with E-state index in [0.29, 0.717) is 10.7 Å². The van der Waals surface area contributed by atoms with Crippen LogP contribution in [0.4, 0.5) is 5.69 Å². The Balaban J connectivity index is 2.31. The molecule has 0 aliphatic heterocycles. The molecule has 0 radical (unpaired) electrons. The van der Waals surface area contributed by atoms with Gasteiger partial charge in [0.1, 0.15) is 10.1 Å². The summed E-state index contributed by atoms with van der Waals surface area (Å²) in [5, 5.41) is 2.16. The molecular formula is C12H12ClN3S. The van der Waals surface area contributed by atoms with Crippen molar-refractivity contribution in [2.75, 3.05) is 5.73 Å². The molecule has 0 aliphatic rings. The summed E-state index contributed by atoms with van der Waals surface area (Å²) in [7, 11) is 0. The van der Waals surface area contributed by atoms with Gasteiger partial charge in [0.15, 0.2) is 0 Å². The highest BCUT2D eigenvalue weighted by molar-refractivity contribution is 7.99. The zero-order valence-corrected chi connectivity index (χ0v) is 11.1. The maximum atomic E-state index is 6.07. The quantitative estimate of drug-likeness (QED) is 0.903. The van der Waals surface area contributed by atoms with Gasteiger partial charge in [-0.3, -0.25) is 0 Å². The Morgan fingerprint density at radius 2 is 2.00 bits per heavy atom. The van der Waals surface area contributed by atoms with E-state index in [2.05, 4.69) is 9.97 Å². The van der Waals surface area contributed by atoms with Gasteiger partial charge in [0.2, 0.25) is 0 Å². The second kappa shape index (κ2) is 4.94. The fourth-order valence-corrected chi connectivity index (χ4v) is 2.66. The van der Waals surface area contributed by atoms with E-state index < -0.39 is 0 Å². The number of nitrogen functional groups attached to an aromatic ring is 1. The van der Waals surface area contributed by atoms with E-state index in [9.17, 15) is 0 Å². The predicted molar refractivity (Wildman–Crippen MR) is 71.5 cm³/mol. The summed E-state index contributed by atoms with van der Waals surface area (Å²) in [6, 6.07) is 5.73. The zero-order valence-electron chi connectivity index (χ0n) is 9.57. The van der Waals surface area contributed by atoms with Crippen LogP contribution in [0.3, 0.4) is 0 Å². The lowest BCUT2D eigenvalue weighted by atomic mass is 10.3. The number of hydrogen-bond acceptors (Lipinski definition) is 4. The first-order chi connectivity index (χ1) is 8.04. The molecule has 0 atom stereocenters. The molecule has 2 N–H and O–H groups in total. The Hall–Kier alpha value is -1.26. The molecule has 88 valence electrons. The number of aryl methyl sites for hydroxylation is 2. The second-order valence-electron chi connectivity index (χ2n) is 3.78. The van der Waals surface area contributed by atoms with Crippen LogP contribution in [0.1, 0.15) is 11.3 Å². The normalized spacial score (nSPS) is 10.5. The van der Waals surface area contributed by atoms with Gasteiger partial charge in [-0.25, -0.2) is 9.97 Å². The molecule has 0 bridgehead atoms. The molecule has 2 aromatic heterocycles. The third-order valence-electron chi connectivity index (χ3n) is 2.10. The zero-order chi connectivity index (χ0) is 12.4. The molecule has 0 unspecified atom stereocenters. The minimum absolute atomic E-state index is 0.552. The van der Waals surface area contributed by atoms with E-state index in [1.165, 1.54) is 17.3 Å². The molecule has 17 heavy (non-hydrogen) atoms. The summed E-state index contributed by atoms with van der Waals surface area (Å²) < 4.78 is 0. The summed E-state index contributed by atoms with van der Waals surface area (Å²) in [6.45, 7) is 4.01. The van der Waals surface area contributed by atoms with Crippen molar-refractivity contribution in [1.82, 2.24) is 9.97 Å². The Kier molecular flexibility index (Phi) is 3.54. The summed E-state index contributed by atoms with van der Waals surface area (Å²) in [5.74, 6) is 0. The van der Waals surface area contributed by atoms with Crippen LogP contribution in [-0.2, 0) is 0 Å². The molecule has 2 aromatic rings. The topological polar surface area (TPSA) is 51.8 Å². The Morgan fingerprint density at radius 3 is 2.65 bits per heavy atom. The minimum Gasteiger partial charge on any atom is -0.397 e. The molecule has 3 nitrogen and oxygen atoms in total. The summed E-state index contributed by atoms with van der Waals surface area (Å²) in [6.07, 6.45) is 1.59. The predicted octanol–water partition coefficient (Wildman–Crippen LogP) is 3.48. The van der Waals surface area contributed by atoms with Gasteiger partial charge in [-0.2, -0.15) is 0 Å². The van der Waals surface area contributed by atoms with Crippen molar-refractivity contribution in [2.24, 2.45) is 0 Å². The van der Waals surface area contributed by atoms with Crippen molar-refractivity contribution in [3.63, 3.8) is 0 Å². The van der Waals surface area contributed by atoms with Crippen molar-refractivity contribution < 1.29 is 0 Å². The maximum Gasteiger partial charge on any atom is 0.121 e. The van der Waals surface area contributed by atoms with Gasteiger partial charge >= 0.3 is 0 Å². The molecule has 0 amide bonds. The monoisotopic (exact) mass is 265 g/mol. The van der Waals surface area contributed by atoms with Crippen molar-refractivity contribution >= 4 is 29.1 Å². The molecule has 2 heterocycles. The maximum absolute atomic E-state index is 6.07. The third kappa shape index (κ3) is 3.11. The van der Waals surface area contributed by atoms with Gasteiger partial charge in [-0.1, -0.05) is 11.6 Å². The molecule has 0 saturated heterocycles. The van der Waals surface area contributed by atoms with Crippen molar-refractivity contribution in [1.29, 1.82) is 0 Å². The Morgan fingerprint density at radius 1 is 1.24 bits per heavy atom. The van der Waals surface area contributed by atoms with Crippen LogP contribution in [-0.4, -0.2) is 9.97 Å².